The highest BCUT2D eigenvalue weighted by molar-refractivity contribution is 5.80. The Balaban J connectivity index is 1.60. The molecule has 2 aliphatic rings. The van der Waals surface area contributed by atoms with Crippen LogP contribution in [-0.2, 0) is 17.6 Å². The quantitative estimate of drug-likeness (QED) is 0.926. The van der Waals surface area contributed by atoms with Crippen LogP contribution in [-0.4, -0.2) is 34.1 Å². The zero-order chi connectivity index (χ0) is 14.9. The predicted molar refractivity (Wildman–Crippen MR) is 85.4 cm³/mol. The summed E-state index contributed by atoms with van der Waals surface area (Å²) in [6.07, 6.45) is 5.01. The molecule has 1 aromatic heterocycles. The molecule has 0 saturated carbocycles. The van der Waals surface area contributed by atoms with Crippen LogP contribution in [0.5, 0.6) is 0 Å². The Morgan fingerprint density at radius 2 is 1.95 bits per heavy atom. The Morgan fingerprint density at radius 1 is 1.18 bits per heavy atom. The van der Waals surface area contributed by atoms with Gasteiger partial charge in [-0.3, -0.25) is 9.89 Å². The van der Waals surface area contributed by atoms with Gasteiger partial charge in [0, 0.05) is 35.8 Å². The summed E-state index contributed by atoms with van der Waals surface area (Å²) in [5.74, 6) is 0.481. The molecule has 4 rings (SSSR count). The fraction of sp³-hybridized carbons (Fsp3) is 0.444. The minimum absolute atomic E-state index is 0.130. The van der Waals surface area contributed by atoms with Crippen molar-refractivity contribution in [1.29, 1.82) is 0 Å². The van der Waals surface area contributed by atoms with E-state index in [1.165, 1.54) is 11.3 Å². The van der Waals surface area contributed by atoms with E-state index >= 15 is 0 Å². The second kappa shape index (κ2) is 5.59. The second-order valence-corrected chi connectivity index (χ2v) is 6.37. The van der Waals surface area contributed by atoms with Crippen LogP contribution in [0.15, 0.2) is 30.3 Å². The van der Waals surface area contributed by atoms with E-state index in [0.717, 1.165) is 56.5 Å². The molecule has 1 amide bonds. The van der Waals surface area contributed by atoms with E-state index in [2.05, 4.69) is 27.2 Å². The zero-order valence-electron chi connectivity index (χ0n) is 12.7. The fourth-order valence-electron chi connectivity index (χ4n) is 3.74. The number of amides is 1. The lowest BCUT2D eigenvalue weighted by Gasteiger charge is -2.26. The maximum atomic E-state index is 12.7. The van der Waals surface area contributed by atoms with E-state index in [9.17, 15) is 4.79 Å². The molecule has 114 valence electrons. The van der Waals surface area contributed by atoms with Gasteiger partial charge in [-0.1, -0.05) is 30.3 Å². The van der Waals surface area contributed by atoms with Crippen molar-refractivity contribution in [2.75, 3.05) is 13.1 Å². The number of aryl methyl sites for hydroxylation is 1. The van der Waals surface area contributed by atoms with Crippen molar-refractivity contribution >= 4 is 5.91 Å². The monoisotopic (exact) mass is 295 g/mol. The predicted octanol–water partition coefficient (Wildman–Crippen LogP) is 2.80. The zero-order valence-corrected chi connectivity index (χ0v) is 12.7. The molecule has 1 N–H and O–H groups in total. The number of nitrogens with zero attached hydrogens (tertiary/aromatic N) is 2. The maximum Gasteiger partial charge on any atom is 0.226 e. The molecule has 1 fully saturated rings. The molecule has 1 atom stereocenters. The summed E-state index contributed by atoms with van der Waals surface area (Å²) in [6, 6.07) is 10.3. The normalized spacial score (nSPS) is 20.9. The Bertz CT molecular complexity index is 671. The Hall–Kier alpha value is -2.10. The number of hydrogen-bond acceptors (Lipinski definition) is 2. The van der Waals surface area contributed by atoms with E-state index in [1.807, 2.05) is 18.2 Å². The molecule has 4 nitrogen and oxygen atoms in total. The van der Waals surface area contributed by atoms with Crippen LogP contribution in [0.3, 0.4) is 0 Å². The number of benzene rings is 1. The molecule has 2 aromatic rings. The minimum Gasteiger partial charge on any atom is -0.342 e. The average Bonchev–Trinajstić information content (AvgIpc) is 3.24. The van der Waals surface area contributed by atoms with Crippen molar-refractivity contribution in [2.45, 2.75) is 32.1 Å². The molecule has 1 unspecified atom stereocenters. The number of likely N-dealkylation sites (tertiary alicyclic amines) is 1. The molecular formula is C18H21N3O. The minimum atomic E-state index is 0.130. The van der Waals surface area contributed by atoms with Crippen LogP contribution in [0.25, 0.3) is 11.3 Å². The van der Waals surface area contributed by atoms with Gasteiger partial charge in [-0.15, -0.1) is 0 Å². The van der Waals surface area contributed by atoms with E-state index < -0.39 is 0 Å². The van der Waals surface area contributed by atoms with Crippen LogP contribution in [0.1, 0.15) is 30.5 Å². The lowest BCUT2D eigenvalue weighted by atomic mass is 9.84. The van der Waals surface area contributed by atoms with Crippen molar-refractivity contribution in [3.63, 3.8) is 0 Å². The van der Waals surface area contributed by atoms with Gasteiger partial charge in [0.2, 0.25) is 5.91 Å². The number of aromatic nitrogens is 2. The number of aromatic amines is 1. The van der Waals surface area contributed by atoms with Gasteiger partial charge in [-0.25, -0.2) is 0 Å². The summed E-state index contributed by atoms with van der Waals surface area (Å²) in [7, 11) is 0. The Labute approximate surface area is 130 Å². The summed E-state index contributed by atoms with van der Waals surface area (Å²) in [5.41, 5.74) is 4.61. The highest BCUT2D eigenvalue weighted by Crippen LogP contribution is 2.33. The van der Waals surface area contributed by atoms with Gasteiger partial charge in [-0.05, 0) is 32.1 Å². The first-order valence-corrected chi connectivity index (χ1v) is 8.23. The van der Waals surface area contributed by atoms with Crippen molar-refractivity contribution in [3.8, 4) is 11.3 Å². The summed E-state index contributed by atoms with van der Waals surface area (Å²) in [5, 5.41) is 7.69. The first-order valence-electron chi connectivity index (χ1n) is 8.23. The number of H-pyrrole nitrogens is 1. The molecule has 22 heavy (non-hydrogen) atoms. The third-order valence-electron chi connectivity index (χ3n) is 4.96. The summed E-state index contributed by atoms with van der Waals surface area (Å²) in [4.78, 5) is 14.7. The van der Waals surface area contributed by atoms with Gasteiger partial charge in [0.05, 0.1) is 5.69 Å². The van der Waals surface area contributed by atoms with E-state index in [0.29, 0.717) is 5.91 Å². The molecule has 1 aromatic carbocycles. The number of hydrogen-bond donors (Lipinski definition) is 1. The third-order valence-corrected chi connectivity index (χ3v) is 4.96. The summed E-state index contributed by atoms with van der Waals surface area (Å²) < 4.78 is 0. The van der Waals surface area contributed by atoms with E-state index in [4.69, 9.17) is 0 Å². The van der Waals surface area contributed by atoms with Crippen LogP contribution in [0, 0.1) is 5.92 Å². The first kappa shape index (κ1) is 13.6. The van der Waals surface area contributed by atoms with Gasteiger partial charge in [0.1, 0.15) is 0 Å². The second-order valence-electron chi connectivity index (χ2n) is 6.37. The van der Waals surface area contributed by atoms with E-state index in [-0.39, 0.29) is 5.92 Å². The number of carbonyl (C=O) groups is 1. The number of carbonyl (C=O) groups excluding carboxylic acids is 1. The molecule has 2 heterocycles. The summed E-state index contributed by atoms with van der Waals surface area (Å²) >= 11 is 0. The van der Waals surface area contributed by atoms with Crippen molar-refractivity contribution in [2.24, 2.45) is 5.92 Å². The molecule has 4 heteroatoms. The Morgan fingerprint density at radius 3 is 2.73 bits per heavy atom. The number of rotatable bonds is 2. The van der Waals surface area contributed by atoms with Gasteiger partial charge < -0.3 is 4.90 Å². The topological polar surface area (TPSA) is 49.0 Å². The van der Waals surface area contributed by atoms with Crippen LogP contribution in [0.4, 0.5) is 0 Å². The highest BCUT2D eigenvalue weighted by Gasteiger charge is 2.32. The average molecular weight is 295 g/mol. The third kappa shape index (κ3) is 2.32. The maximum absolute atomic E-state index is 12.7. The van der Waals surface area contributed by atoms with Crippen LogP contribution in [0.2, 0.25) is 0 Å². The highest BCUT2D eigenvalue weighted by atomic mass is 16.2. The number of nitrogens with one attached hydrogen (secondary N) is 1. The first-order chi connectivity index (χ1) is 10.8. The van der Waals surface area contributed by atoms with E-state index in [1.54, 1.807) is 0 Å². The molecule has 0 bridgehead atoms. The van der Waals surface area contributed by atoms with Gasteiger partial charge in [0.15, 0.2) is 0 Å². The lowest BCUT2D eigenvalue weighted by molar-refractivity contribution is -0.134. The molecule has 1 aliphatic carbocycles. The standard InChI is InChI=1S/C18H21N3O/c22-18(21-10-4-5-11-21)14-8-9-16-15(12-14)17(20-19-16)13-6-2-1-3-7-13/h1-3,6-7,14H,4-5,8-12H2,(H,19,20). The lowest BCUT2D eigenvalue weighted by Crippen LogP contribution is -2.36. The van der Waals surface area contributed by atoms with Crippen LogP contribution < -0.4 is 0 Å². The molecule has 0 radical (unpaired) electrons. The van der Waals surface area contributed by atoms with Crippen LogP contribution >= 0.6 is 0 Å². The van der Waals surface area contributed by atoms with Gasteiger partial charge in [0.25, 0.3) is 0 Å². The van der Waals surface area contributed by atoms with Crippen molar-refractivity contribution in [1.82, 2.24) is 15.1 Å². The fourth-order valence-corrected chi connectivity index (χ4v) is 3.74. The Kier molecular flexibility index (Phi) is 3.45. The van der Waals surface area contributed by atoms with Crippen molar-refractivity contribution in [3.05, 3.63) is 41.6 Å². The molecular weight excluding hydrogens is 274 g/mol. The van der Waals surface area contributed by atoms with Crippen molar-refractivity contribution < 1.29 is 4.79 Å². The SMILES string of the molecule is O=C(C1CCc2[nH]nc(-c3ccccc3)c2C1)N1CCCC1. The smallest absolute Gasteiger partial charge is 0.226 e. The van der Waals surface area contributed by atoms with Gasteiger partial charge >= 0.3 is 0 Å². The molecule has 1 saturated heterocycles. The largest absolute Gasteiger partial charge is 0.342 e. The molecule has 0 spiro atoms. The summed E-state index contributed by atoms with van der Waals surface area (Å²) in [6.45, 7) is 1.89. The molecule has 1 aliphatic heterocycles. The number of fused-ring (bicyclic) bond motifs is 1. The van der Waals surface area contributed by atoms with Gasteiger partial charge in [-0.2, -0.15) is 5.10 Å².